The van der Waals surface area contributed by atoms with E-state index in [1.54, 1.807) is 0 Å². The van der Waals surface area contributed by atoms with Crippen LogP contribution in [0.4, 0.5) is 0 Å². The summed E-state index contributed by atoms with van der Waals surface area (Å²) in [7, 11) is 0. The number of halogens is 1. The first kappa shape index (κ1) is 25.4. The molecule has 2 N–H and O–H groups in total. The second kappa shape index (κ2) is 14.4. The summed E-state index contributed by atoms with van der Waals surface area (Å²) in [6, 6.07) is 10.3. The summed E-state index contributed by atoms with van der Waals surface area (Å²) >= 11 is 0. The van der Waals surface area contributed by atoms with Crippen molar-refractivity contribution in [3.8, 4) is 0 Å². The number of nitrogens with zero attached hydrogens (tertiary/aromatic N) is 2. The molecule has 162 valence electrons. The molecule has 2 aromatic rings. The smallest absolute Gasteiger partial charge is 0.191 e. The first-order chi connectivity index (χ1) is 13.7. The number of hydrogen-bond donors (Lipinski definition) is 2. The number of benzene rings is 1. The molecule has 0 spiro atoms. The number of ether oxygens (including phenoxy) is 1. The highest BCUT2D eigenvalue weighted by atomic mass is 127. The van der Waals surface area contributed by atoms with Gasteiger partial charge in [-0.15, -0.1) is 24.0 Å². The SMILES string of the molecule is CCNC(=NCc1c(CC)noc1CC)NCCCOC(C)c1ccccc1.I. The first-order valence-electron chi connectivity index (χ1n) is 10.3. The molecule has 7 heteroatoms. The van der Waals surface area contributed by atoms with E-state index in [-0.39, 0.29) is 30.1 Å². The van der Waals surface area contributed by atoms with Crippen LogP contribution in [0.15, 0.2) is 39.8 Å². The summed E-state index contributed by atoms with van der Waals surface area (Å²) in [6.07, 6.45) is 2.71. The molecule has 1 aromatic carbocycles. The molecule has 0 amide bonds. The van der Waals surface area contributed by atoms with Gasteiger partial charge in [-0.3, -0.25) is 0 Å². The third-order valence-corrected chi connectivity index (χ3v) is 4.60. The van der Waals surface area contributed by atoms with Gasteiger partial charge in [-0.1, -0.05) is 49.3 Å². The molecule has 0 aliphatic heterocycles. The van der Waals surface area contributed by atoms with Crippen LogP contribution in [0.3, 0.4) is 0 Å². The van der Waals surface area contributed by atoms with Gasteiger partial charge in [0.2, 0.25) is 0 Å². The molecule has 1 unspecified atom stereocenters. The lowest BCUT2D eigenvalue weighted by Crippen LogP contribution is -2.38. The molecule has 1 heterocycles. The van der Waals surface area contributed by atoms with Crippen molar-refractivity contribution in [2.24, 2.45) is 4.99 Å². The molecule has 0 fully saturated rings. The standard InChI is InChI=1S/C22H34N4O2.HI/c1-5-20-19(21(6-2)28-26-20)16-25-22(23-7-3)24-14-11-15-27-17(4)18-12-9-8-10-13-18;/h8-10,12-13,17H,5-7,11,14-16H2,1-4H3,(H2,23,24,25);1H. The Bertz CT molecular complexity index is 697. The maximum Gasteiger partial charge on any atom is 0.191 e. The van der Waals surface area contributed by atoms with Gasteiger partial charge in [0, 0.05) is 31.7 Å². The fourth-order valence-electron chi connectivity index (χ4n) is 2.98. The second-order valence-electron chi connectivity index (χ2n) is 6.64. The average molecular weight is 514 g/mol. The van der Waals surface area contributed by atoms with Gasteiger partial charge < -0.3 is 19.9 Å². The van der Waals surface area contributed by atoms with Crippen LogP contribution in [0.2, 0.25) is 0 Å². The fourth-order valence-corrected chi connectivity index (χ4v) is 2.98. The molecule has 2 rings (SSSR count). The summed E-state index contributed by atoms with van der Waals surface area (Å²) in [5, 5.41) is 10.8. The Balaban J connectivity index is 0.00000420. The molecule has 0 bridgehead atoms. The molecular weight excluding hydrogens is 479 g/mol. The van der Waals surface area contributed by atoms with Gasteiger partial charge in [0.15, 0.2) is 5.96 Å². The van der Waals surface area contributed by atoms with Crippen LogP contribution in [-0.4, -0.2) is 30.8 Å². The van der Waals surface area contributed by atoms with Crippen LogP contribution in [0.25, 0.3) is 0 Å². The van der Waals surface area contributed by atoms with Crippen LogP contribution in [-0.2, 0) is 24.1 Å². The Hall–Kier alpha value is -1.61. The Morgan fingerprint density at radius 2 is 1.90 bits per heavy atom. The maximum absolute atomic E-state index is 5.93. The van der Waals surface area contributed by atoms with Crippen molar-refractivity contribution in [3.63, 3.8) is 0 Å². The monoisotopic (exact) mass is 514 g/mol. The summed E-state index contributed by atoms with van der Waals surface area (Å²) in [6.45, 7) is 11.2. The Morgan fingerprint density at radius 1 is 1.14 bits per heavy atom. The third-order valence-electron chi connectivity index (χ3n) is 4.60. The summed E-state index contributed by atoms with van der Waals surface area (Å²) in [4.78, 5) is 4.71. The summed E-state index contributed by atoms with van der Waals surface area (Å²) in [5.41, 5.74) is 3.32. The Morgan fingerprint density at radius 3 is 2.55 bits per heavy atom. The molecule has 6 nitrogen and oxygen atoms in total. The molecule has 0 aliphatic rings. The van der Waals surface area contributed by atoms with Crippen molar-refractivity contribution in [1.82, 2.24) is 15.8 Å². The minimum atomic E-state index is 0. The van der Waals surface area contributed by atoms with Gasteiger partial charge in [0.05, 0.1) is 18.3 Å². The van der Waals surface area contributed by atoms with Gasteiger partial charge in [0.1, 0.15) is 5.76 Å². The van der Waals surface area contributed by atoms with Crippen LogP contribution in [0.1, 0.15) is 62.8 Å². The van der Waals surface area contributed by atoms with Gasteiger partial charge in [-0.2, -0.15) is 0 Å². The summed E-state index contributed by atoms with van der Waals surface area (Å²) < 4.78 is 11.4. The van der Waals surface area contributed by atoms with E-state index in [1.165, 1.54) is 5.56 Å². The predicted molar refractivity (Wildman–Crippen MR) is 129 cm³/mol. The van der Waals surface area contributed by atoms with Gasteiger partial charge in [-0.05, 0) is 32.3 Å². The van der Waals surface area contributed by atoms with Crippen molar-refractivity contribution in [1.29, 1.82) is 0 Å². The number of guanidine groups is 1. The minimum absolute atomic E-state index is 0. The zero-order valence-corrected chi connectivity index (χ0v) is 20.4. The first-order valence-corrected chi connectivity index (χ1v) is 10.3. The third kappa shape index (κ3) is 8.34. The van der Waals surface area contributed by atoms with Crippen LogP contribution in [0, 0.1) is 0 Å². The zero-order chi connectivity index (χ0) is 20.2. The molecule has 1 atom stereocenters. The molecule has 29 heavy (non-hydrogen) atoms. The number of nitrogens with one attached hydrogen (secondary N) is 2. The molecular formula is C22H35IN4O2. The summed E-state index contributed by atoms with van der Waals surface area (Å²) in [5.74, 6) is 1.74. The number of aryl methyl sites for hydroxylation is 2. The van der Waals surface area contributed by atoms with E-state index in [0.717, 1.165) is 55.3 Å². The van der Waals surface area contributed by atoms with Crippen LogP contribution >= 0.6 is 24.0 Å². The van der Waals surface area contributed by atoms with Crippen LogP contribution < -0.4 is 10.6 Å². The lowest BCUT2D eigenvalue weighted by Gasteiger charge is -2.14. The van der Waals surface area contributed by atoms with Gasteiger partial charge in [0.25, 0.3) is 0 Å². The minimum Gasteiger partial charge on any atom is -0.374 e. The number of aliphatic imine (C=N–C) groups is 1. The average Bonchev–Trinajstić information content (AvgIpc) is 3.14. The molecule has 0 saturated heterocycles. The van der Waals surface area contributed by atoms with Crippen molar-refractivity contribution in [2.45, 2.75) is 59.6 Å². The Labute approximate surface area is 191 Å². The van der Waals surface area contributed by atoms with E-state index in [2.05, 4.69) is 55.6 Å². The highest BCUT2D eigenvalue weighted by Gasteiger charge is 2.13. The lowest BCUT2D eigenvalue weighted by molar-refractivity contribution is 0.0646. The van der Waals surface area contributed by atoms with E-state index >= 15 is 0 Å². The number of aromatic nitrogens is 1. The lowest BCUT2D eigenvalue weighted by atomic mass is 10.1. The topological polar surface area (TPSA) is 71.7 Å². The molecule has 0 saturated carbocycles. The normalized spacial score (nSPS) is 12.3. The van der Waals surface area contributed by atoms with Gasteiger partial charge in [-0.25, -0.2) is 4.99 Å². The predicted octanol–water partition coefficient (Wildman–Crippen LogP) is 4.64. The number of rotatable bonds is 11. The van der Waals surface area contributed by atoms with E-state index in [0.29, 0.717) is 13.2 Å². The Kier molecular flexibility index (Phi) is 12.6. The quantitative estimate of drug-likeness (QED) is 0.198. The second-order valence-corrected chi connectivity index (χ2v) is 6.64. The highest BCUT2D eigenvalue weighted by Crippen LogP contribution is 2.17. The van der Waals surface area contributed by atoms with E-state index in [1.807, 2.05) is 18.2 Å². The molecule has 1 aromatic heterocycles. The van der Waals surface area contributed by atoms with Gasteiger partial charge >= 0.3 is 0 Å². The van der Waals surface area contributed by atoms with E-state index in [9.17, 15) is 0 Å². The molecule has 0 radical (unpaired) electrons. The fraction of sp³-hybridized carbons (Fsp3) is 0.545. The highest BCUT2D eigenvalue weighted by molar-refractivity contribution is 14.0. The van der Waals surface area contributed by atoms with Crippen molar-refractivity contribution >= 4 is 29.9 Å². The van der Waals surface area contributed by atoms with Crippen LogP contribution in [0.5, 0.6) is 0 Å². The van der Waals surface area contributed by atoms with Crippen molar-refractivity contribution < 1.29 is 9.26 Å². The molecule has 0 aliphatic carbocycles. The maximum atomic E-state index is 5.93. The number of hydrogen-bond acceptors (Lipinski definition) is 4. The zero-order valence-electron chi connectivity index (χ0n) is 18.0. The van der Waals surface area contributed by atoms with Crippen molar-refractivity contribution in [2.75, 3.05) is 19.7 Å². The largest absolute Gasteiger partial charge is 0.374 e. The van der Waals surface area contributed by atoms with E-state index in [4.69, 9.17) is 14.3 Å². The van der Waals surface area contributed by atoms with E-state index < -0.39 is 0 Å². The van der Waals surface area contributed by atoms with Crippen molar-refractivity contribution in [3.05, 3.63) is 52.9 Å².